The number of benzene rings is 2. The molecule has 0 aliphatic heterocycles. The summed E-state index contributed by atoms with van der Waals surface area (Å²) in [5, 5.41) is 6.76. The van der Waals surface area contributed by atoms with Crippen molar-refractivity contribution in [3.05, 3.63) is 69.9 Å². The SMILES string of the molecule is C=C(C)CN=c1scc(-c2cc(OC)c(OC)c(OC)c2)n1N=Cc1ccc(C)cc1. The first kappa shape index (κ1) is 22.4. The quantitative estimate of drug-likeness (QED) is 0.372. The minimum absolute atomic E-state index is 0.537. The topological polar surface area (TPSA) is 57.3 Å². The number of hydrogen-bond donors (Lipinski definition) is 0. The zero-order valence-electron chi connectivity index (χ0n) is 18.5. The highest BCUT2D eigenvalue weighted by molar-refractivity contribution is 7.07. The van der Waals surface area contributed by atoms with Crippen molar-refractivity contribution < 1.29 is 14.2 Å². The van der Waals surface area contributed by atoms with E-state index in [1.807, 2.05) is 47.5 Å². The number of rotatable bonds is 8. The van der Waals surface area contributed by atoms with E-state index in [4.69, 9.17) is 19.3 Å². The summed E-state index contributed by atoms with van der Waals surface area (Å²) in [6.07, 6.45) is 1.83. The van der Waals surface area contributed by atoms with Crippen LogP contribution in [-0.2, 0) is 0 Å². The summed E-state index contributed by atoms with van der Waals surface area (Å²) >= 11 is 1.52. The van der Waals surface area contributed by atoms with Crippen molar-refractivity contribution in [1.29, 1.82) is 0 Å². The lowest BCUT2D eigenvalue weighted by atomic mass is 10.1. The first-order valence-electron chi connectivity index (χ1n) is 9.73. The van der Waals surface area contributed by atoms with Gasteiger partial charge in [0.1, 0.15) is 0 Å². The van der Waals surface area contributed by atoms with E-state index in [0.29, 0.717) is 23.8 Å². The van der Waals surface area contributed by atoms with Crippen molar-refractivity contribution in [3.63, 3.8) is 0 Å². The highest BCUT2D eigenvalue weighted by atomic mass is 32.1. The van der Waals surface area contributed by atoms with Crippen molar-refractivity contribution in [2.45, 2.75) is 13.8 Å². The van der Waals surface area contributed by atoms with Crippen LogP contribution in [0, 0.1) is 6.92 Å². The third-order valence-corrected chi connectivity index (χ3v) is 5.38. The maximum atomic E-state index is 5.52. The van der Waals surface area contributed by atoms with E-state index in [1.165, 1.54) is 16.9 Å². The molecule has 0 fully saturated rings. The minimum Gasteiger partial charge on any atom is -0.493 e. The third kappa shape index (κ3) is 5.24. The Morgan fingerprint density at radius 3 is 2.26 bits per heavy atom. The Morgan fingerprint density at radius 1 is 1.06 bits per heavy atom. The normalized spacial score (nSPS) is 11.7. The standard InChI is InChI=1S/C24H27N3O3S/c1-16(2)13-25-24-27(26-14-18-9-7-17(3)8-10-18)20(15-31-24)19-11-21(28-4)23(30-6)22(12-19)29-5/h7-12,14-15H,1,13H2,2-6H3. The van der Waals surface area contributed by atoms with Crippen LogP contribution < -0.4 is 19.0 Å². The molecule has 0 saturated heterocycles. The van der Waals surface area contributed by atoms with E-state index < -0.39 is 0 Å². The molecule has 31 heavy (non-hydrogen) atoms. The summed E-state index contributed by atoms with van der Waals surface area (Å²) in [4.78, 5) is 5.45. The molecule has 0 aliphatic rings. The Morgan fingerprint density at radius 2 is 1.71 bits per heavy atom. The Hall–Kier alpha value is -3.32. The number of nitrogens with zero attached hydrogens (tertiary/aromatic N) is 3. The summed E-state index contributed by atoms with van der Waals surface area (Å²) < 4.78 is 18.3. The van der Waals surface area contributed by atoms with Gasteiger partial charge in [-0.1, -0.05) is 42.0 Å². The zero-order valence-corrected chi connectivity index (χ0v) is 19.3. The molecular weight excluding hydrogens is 410 g/mol. The predicted octanol–water partition coefficient (Wildman–Crippen LogP) is 4.91. The fraction of sp³-hybridized carbons (Fsp3) is 0.250. The largest absolute Gasteiger partial charge is 0.493 e. The summed E-state index contributed by atoms with van der Waals surface area (Å²) in [7, 11) is 4.79. The number of thiazole rings is 1. The van der Waals surface area contributed by atoms with Gasteiger partial charge in [-0.25, -0.2) is 4.68 Å². The molecule has 1 aromatic heterocycles. The maximum absolute atomic E-state index is 5.52. The highest BCUT2D eigenvalue weighted by Crippen LogP contribution is 2.41. The van der Waals surface area contributed by atoms with Crippen LogP contribution in [-0.4, -0.2) is 38.8 Å². The molecule has 0 saturated carbocycles. The van der Waals surface area contributed by atoms with Crippen molar-refractivity contribution >= 4 is 17.6 Å². The lowest BCUT2D eigenvalue weighted by molar-refractivity contribution is 0.324. The number of methoxy groups -OCH3 is 3. The van der Waals surface area contributed by atoms with E-state index in [0.717, 1.165) is 27.2 Å². The van der Waals surface area contributed by atoms with Crippen LogP contribution in [0.2, 0.25) is 0 Å². The summed E-state index contributed by atoms with van der Waals surface area (Å²) in [6, 6.07) is 12.0. The molecule has 0 atom stereocenters. The lowest BCUT2D eigenvalue weighted by Crippen LogP contribution is -2.13. The van der Waals surface area contributed by atoms with Crippen LogP contribution in [0.4, 0.5) is 0 Å². The fourth-order valence-electron chi connectivity index (χ4n) is 2.93. The van der Waals surface area contributed by atoms with Gasteiger partial charge in [0, 0.05) is 10.9 Å². The molecule has 1 heterocycles. The average molecular weight is 438 g/mol. The van der Waals surface area contributed by atoms with E-state index in [-0.39, 0.29) is 0 Å². The first-order chi connectivity index (χ1) is 15.0. The Balaban J connectivity index is 2.15. The van der Waals surface area contributed by atoms with E-state index in [2.05, 4.69) is 30.6 Å². The van der Waals surface area contributed by atoms with Crippen molar-refractivity contribution in [2.24, 2.45) is 10.1 Å². The van der Waals surface area contributed by atoms with Gasteiger partial charge < -0.3 is 14.2 Å². The van der Waals surface area contributed by atoms with Crippen LogP contribution in [0.15, 0.2) is 64.0 Å². The van der Waals surface area contributed by atoms with Gasteiger partial charge in [-0.3, -0.25) is 4.99 Å². The summed E-state index contributed by atoms with van der Waals surface area (Å²) in [5.74, 6) is 1.71. The Kier molecular flexibility index (Phi) is 7.31. The molecule has 0 spiro atoms. The van der Waals surface area contributed by atoms with Crippen LogP contribution in [0.3, 0.4) is 0 Å². The highest BCUT2D eigenvalue weighted by Gasteiger charge is 2.17. The van der Waals surface area contributed by atoms with E-state index in [9.17, 15) is 0 Å². The maximum Gasteiger partial charge on any atom is 0.206 e. The van der Waals surface area contributed by atoms with Gasteiger partial charge in [-0.05, 0) is 31.5 Å². The molecule has 3 rings (SSSR count). The van der Waals surface area contributed by atoms with Gasteiger partial charge in [0.2, 0.25) is 10.6 Å². The van der Waals surface area contributed by atoms with Crippen molar-refractivity contribution in [1.82, 2.24) is 4.68 Å². The molecule has 2 aromatic carbocycles. The number of ether oxygens (including phenoxy) is 3. The van der Waals surface area contributed by atoms with Crippen LogP contribution in [0.1, 0.15) is 18.1 Å². The molecule has 162 valence electrons. The van der Waals surface area contributed by atoms with Gasteiger partial charge >= 0.3 is 0 Å². The molecule has 7 heteroatoms. The van der Waals surface area contributed by atoms with Gasteiger partial charge in [0.15, 0.2) is 11.5 Å². The second-order valence-electron chi connectivity index (χ2n) is 7.06. The summed E-state index contributed by atoms with van der Waals surface area (Å²) in [5.41, 5.74) is 4.94. The molecular formula is C24H27N3O3S. The van der Waals surface area contributed by atoms with Crippen LogP contribution in [0.5, 0.6) is 17.2 Å². The number of aromatic nitrogens is 1. The third-order valence-electron chi connectivity index (χ3n) is 4.53. The lowest BCUT2D eigenvalue weighted by Gasteiger charge is -2.14. The predicted molar refractivity (Wildman–Crippen MR) is 127 cm³/mol. The molecule has 0 N–H and O–H groups in total. The molecule has 0 amide bonds. The van der Waals surface area contributed by atoms with Crippen molar-refractivity contribution in [3.8, 4) is 28.5 Å². The molecule has 0 radical (unpaired) electrons. The average Bonchev–Trinajstić information content (AvgIpc) is 3.18. The molecule has 6 nitrogen and oxygen atoms in total. The Bertz CT molecular complexity index is 1130. The first-order valence-corrected chi connectivity index (χ1v) is 10.6. The van der Waals surface area contributed by atoms with Gasteiger partial charge in [0.25, 0.3) is 0 Å². The Labute approximate surface area is 186 Å². The van der Waals surface area contributed by atoms with E-state index >= 15 is 0 Å². The van der Waals surface area contributed by atoms with E-state index in [1.54, 1.807) is 21.3 Å². The second kappa shape index (κ2) is 10.1. The van der Waals surface area contributed by atoms with Gasteiger partial charge in [-0.2, -0.15) is 5.10 Å². The van der Waals surface area contributed by atoms with Crippen LogP contribution >= 0.6 is 11.3 Å². The fourth-order valence-corrected chi connectivity index (χ4v) is 3.76. The zero-order chi connectivity index (χ0) is 22.4. The molecule has 0 bridgehead atoms. The minimum atomic E-state index is 0.537. The van der Waals surface area contributed by atoms with Crippen LogP contribution in [0.25, 0.3) is 11.3 Å². The smallest absolute Gasteiger partial charge is 0.206 e. The summed E-state index contributed by atoms with van der Waals surface area (Å²) in [6.45, 7) is 8.50. The van der Waals surface area contributed by atoms with Gasteiger partial charge in [-0.15, -0.1) is 11.3 Å². The number of hydrogen-bond acceptors (Lipinski definition) is 6. The molecule has 0 unspecified atom stereocenters. The molecule has 3 aromatic rings. The second-order valence-corrected chi connectivity index (χ2v) is 7.89. The van der Waals surface area contributed by atoms with Gasteiger partial charge in [0.05, 0.1) is 39.8 Å². The van der Waals surface area contributed by atoms with Crippen molar-refractivity contribution in [2.75, 3.05) is 27.9 Å². The monoisotopic (exact) mass is 437 g/mol. The molecule has 0 aliphatic carbocycles. The number of aryl methyl sites for hydroxylation is 1.